The highest BCUT2D eigenvalue weighted by molar-refractivity contribution is 6.31. The summed E-state index contributed by atoms with van der Waals surface area (Å²) >= 11 is 5.97. The topological polar surface area (TPSA) is 29.1 Å². The number of halogens is 10. The summed E-state index contributed by atoms with van der Waals surface area (Å²) in [5, 5.41) is 2.65. The molecule has 2 aromatic carbocycles. The number of nitrogens with one attached hydrogen (secondary N) is 1. The van der Waals surface area contributed by atoms with Crippen molar-refractivity contribution in [2.45, 2.75) is 43.5 Å². The van der Waals surface area contributed by atoms with Crippen LogP contribution in [0.15, 0.2) is 36.4 Å². The van der Waals surface area contributed by atoms with Gasteiger partial charge in [0.15, 0.2) is 5.78 Å². The molecule has 1 fully saturated rings. The molecule has 1 N–H and O–H groups in total. The number of alkyl halides is 9. The van der Waals surface area contributed by atoms with Gasteiger partial charge in [-0.2, -0.15) is 39.5 Å². The molecule has 1 saturated heterocycles. The van der Waals surface area contributed by atoms with Gasteiger partial charge in [0.2, 0.25) is 0 Å². The van der Waals surface area contributed by atoms with Gasteiger partial charge in [-0.15, -0.1) is 0 Å². The monoisotopic (exact) mass is 489 g/mol. The second kappa shape index (κ2) is 8.26. The van der Waals surface area contributed by atoms with Crippen molar-refractivity contribution in [3.63, 3.8) is 0 Å². The molecule has 174 valence electrons. The summed E-state index contributed by atoms with van der Waals surface area (Å²) in [5.41, 5.74) is -5.03. The Morgan fingerprint density at radius 1 is 0.781 bits per heavy atom. The van der Waals surface area contributed by atoms with Gasteiger partial charge in [0.1, 0.15) is 0 Å². The molecule has 0 aromatic heterocycles. The van der Waals surface area contributed by atoms with Crippen molar-refractivity contribution in [2.24, 2.45) is 0 Å². The number of hydrogen-bond donors (Lipinski definition) is 1. The van der Waals surface area contributed by atoms with Crippen LogP contribution in [-0.4, -0.2) is 11.8 Å². The molecule has 0 bridgehead atoms. The van der Waals surface area contributed by atoms with Gasteiger partial charge < -0.3 is 5.32 Å². The minimum atomic E-state index is -5.12. The molecular weight excluding hydrogens is 477 g/mol. The van der Waals surface area contributed by atoms with Gasteiger partial charge in [0.05, 0.1) is 22.7 Å². The van der Waals surface area contributed by atoms with E-state index in [4.69, 9.17) is 11.6 Å². The Balaban J connectivity index is 1.90. The Hall–Kier alpha value is -2.27. The fourth-order valence-corrected chi connectivity index (χ4v) is 3.73. The quantitative estimate of drug-likeness (QED) is 0.369. The minimum Gasteiger partial charge on any atom is -0.300 e. The number of ketones is 1. The number of rotatable bonds is 3. The Labute approximate surface area is 180 Å². The minimum absolute atomic E-state index is 0.0202. The summed E-state index contributed by atoms with van der Waals surface area (Å²) in [5.74, 6) is -1.04. The van der Waals surface area contributed by atoms with Crippen molar-refractivity contribution in [1.29, 1.82) is 0 Å². The van der Waals surface area contributed by atoms with E-state index >= 15 is 0 Å². The second-order valence-electron chi connectivity index (χ2n) is 7.24. The van der Waals surface area contributed by atoms with Crippen LogP contribution in [-0.2, 0) is 18.5 Å². The lowest BCUT2D eigenvalue weighted by molar-refractivity contribution is -0.143. The fraction of sp³-hybridized carbons (Fsp3) is 0.350. The van der Waals surface area contributed by atoms with E-state index in [1.165, 1.54) is 0 Å². The van der Waals surface area contributed by atoms with Crippen LogP contribution < -0.4 is 5.32 Å². The van der Waals surface area contributed by atoms with Crippen LogP contribution in [0.4, 0.5) is 39.5 Å². The maximum atomic E-state index is 13.0. The lowest BCUT2D eigenvalue weighted by atomic mass is 9.97. The van der Waals surface area contributed by atoms with Crippen molar-refractivity contribution in [2.75, 3.05) is 0 Å². The van der Waals surface area contributed by atoms with Crippen molar-refractivity contribution < 1.29 is 44.3 Å². The van der Waals surface area contributed by atoms with Crippen LogP contribution >= 0.6 is 11.6 Å². The number of carbonyl (C=O) groups excluding carboxylic acids is 1. The predicted octanol–water partition coefficient (Wildman–Crippen LogP) is 7.07. The van der Waals surface area contributed by atoms with E-state index < -0.39 is 58.6 Å². The van der Waals surface area contributed by atoms with Crippen molar-refractivity contribution in [3.8, 4) is 0 Å². The van der Waals surface area contributed by atoms with E-state index in [0.717, 1.165) is 18.2 Å². The van der Waals surface area contributed by atoms with Crippen LogP contribution in [0.3, 0.4) is 0 Å². The molecule has 12 heteroatoms. The average Bonchev–Trinajstić information content (AvgIpc) is 3.15. The summed E-state index contributed by atoms with van der Waals surface area (Å²) < 4.78 is 117. The highest BCUT2D eigenvalue weighted by Gasteiger charge is 2.39. The summed E-state index contributed by atoms with van der Waals surface area (Å²) in [6.45, 7) is 0. The Bertz CT molecular complexity index is 995. The molecule has 0 radical (unpaired) electrons. The molecule has 32 heavy (non-hydrogen) atoms. The third-order valence-corrected chi connectivity index (χ3v) is 5.38. The summed E-state index contributed by atoms with van der Waals surface area (Å²) in [6.07, 6.45) is -14.8. The molecule has 2 unspecified atom stereocenters. The number of hydrogen-bond acceptors (Lipinski definition) is 2. The molecule has 0 amide bonds. The smallest absolute Gasteiger partial charge is 0.300 e. The Kier molecular flexibility index (Phi) is 6.29. The third-order valence-electron chi connectivity index (χ3n) is 5.03. The van der Waals surface area contributed by atoms with Crippen LogP contribution in [0.1, 0.15) is 51.5 Å². The molecule has 1 heterocycles. The van der Waals surface area contributed by atoms with Gasteiger partial charge in [0.25, 0.3) is 0 Å². The zero-order chi connectivity index (χ0) is 24.1. The molecule has 2 atom stereocenters. The van der Waals surface area contributed by atoms with Crippen LogP contribution in [0, 0.1) is 0 Å². The summed E-state index contributed by atoms with van der Waals surface area (Å²) in [6, 6.07) is 1.10. The van der Waals surface area contributed by atoms with Gasteiger partial charge >= 0.3 is 18.5 Å². The van der Waals surface area contributed by atoms with Gasteiger partial charge in [-0.3, -0.25) is 4.79 Å². The fourth-order valence-electron chi connectivity index (χ4n) is 3.48. The second-order valence-corrected chi connectivity index (χ2v) is 7.65. The van der Waals surface area contributed by atoms with E-state index in [1.54, 1.807) is 0 Å². The van der Waals surface area contributed by atoms with Gasteiger partial charge in [-0.25, -0.2) is 0 Å². The largest absolute Gasteiger partial charge is 0.416 e. The first-order valence-corrected chi connectivity index (χ1v) is 9.41. The van der Waals surface area contributed by atoms with Crippen molar-refractivity contribution in [3.05, 3.63) is 69.2 Å². The van der Waals surface area contributed by atoms with Gasteiger partial charge in [0, 0.05) is 16.6 Å². The van der Waals surface area contributed by atoms with Crippen LogP contribution in [0.2, 0.25) is 5.02 Å². The molecule has 2 aromatic rings. The van der Waals surface area contributed by atoms with Crippen molar-refractivity contribution in [1.82, 2.24) is 5.32 Å². The Morgan fingerprint density at radius 2 is 1.31 bits per heavy atom. The van der Waals surface area contributed by atoms with Gasteiger partial charge in [-0.05, 0) is 54.8 Å². The average molecular weight is 490 g/mol. The zero-order valence-electron chi connectivity index (χ0n) is 15.7. The van der Waals surface area contributed by atoms with Gasteiger partial charge in [-0.1, -0.05) is 11.6 Å². The molecule has 3 rings (SSSR count). The molecular formula is C20H13ClF9NO. The first kappa shape index (κ1) is 24.4. The number of carbonyl (C=O) groups is 1. The SMILES string of the molecule is O=C(c1cc(C(F)(F)F)cc(C(F)(F)F)c1)C1CCC(c2cc(C(F)(F)F)ccc2Cl)N1. The normalized spacial score (nSPS) is 19.9. The molecule has 2 nitrogen and oxygen atoms in total. The van der Waals surface area contributed by atoms with Crippen LogP contribution in [0.25, 0.3) is 0 Å². The Morgan fingerprint density at radius 3 is 1.81 bits per heavy atom. The van der Waals surface area contributed by atoms with E-state index in [0.29, 0.717) is 12.1 Å². The van der Waals surface area contributed by atoms with E-state index in [-0.39, 0.29) is 29.5 Å². The van der Waals surface area contributed by atoms with E-state index in [9.17, 15) is 44.3 Å². The van der Waals surface area contributed by atoms with Crippen molar-refractivity contribution >= 4 is 17.4 Å². The van der Waals surface area contributed by atoms with E-state index in [2.05, 4.69) is 5.32 Å². The molecule has 1 aliphatic rings. The lowest BCUT2D eigenvalue weighted by Crippen LogP contribution is -2.33. The maximum absolute atomic E-state index is 13.0. The highest BCUT2D eigenvalue weighted by atomic mass is 35.5. The molecule has 0 saturated carbocycles. The predicted molar refractivity (Wildman–Crippen MR) is 96.1 cm³/mol. The summed E-state index contributed by atoms with van der Waals surface area (Å²) in [7, 11) is 0. The number of Topliss-reactive ketones (excluding diaryl/α,β-unsaturated/α-hetero) is 1. The third kappa shape index (κ3) is 5.20. The highest BCUT2D eigenvalue weighted by Crippen LogP contribution is 2.39. The standard InChI is InChI=1S/C20H13ClF9NO/c21-14-2-1-10(18(22,23)24)8-13(14)15-3-4-16(31-15)17(32)9-5-11(19(25,26)27)7-12(6-9)20(28,29)30/h1-2,5-8,15-16,31H,3-4H2. The maximum Gasteiger partial charge on any atom is 0.416 e. The molecule has 0 aliphatic carbocycles. The number of benzene rings is 2. The molecule has 1 aliphatic heterocycles. The van der Waals surface area contributed by atoms with Crippen LogP contribution in [0.5, 0.6) is 0 Å². The van der Waals surface area contributed by atoms with E-state index in [1.807, 2.05) is 0 Å². The molecule has 0 spiro atoms. The first-order chi connectivity index (χ1) is 14.6. The zero-order valence-corrected chi connectivity index (χ0v) is 16.5. The summed E-state index contributed by atoms with van der Waals surface area (Å²) in [4.78, 5) is 12.7. The lowest BCUT2D eigenvalue weighted by Gasteiger charge is -2.18. The first-order valence-electron chi connectivity index (χ1n) is 9.04.